The summed E-state index contributed by atoms with van der Waals surface area (Å²) in [5, 5.41) is 14.3. The summed E-state index contributed by atoms with van der Waals surface area (Å²) in [6.07, 6.45) is 2.86. The molecule has 0 amide bonds. The van der Waals surface area contributed by atoms with E-state index < -0.39 is 15.4 Å². The molecule has 3 rings (SSSR count). The third kappa shape index (κ3) is 3.18. The molecule has 0 radical (unpaired) electrons. The molecule has 1 aliphatic carbocycles. The first kappa shape index (κ1) is 16.6. The van der Waals surface area contributed by atoms with Crippen molar-refractivity contribution >= 4 is 10.0 Å². The Hall–Kier alpha value is -2.23. The van der Waals surface area contributed by atoms with Gasteiger partial charge in [0.25, 0.3) is 0 Å². The summed E-state index contributed by atoms with van der Waals surface area (Å²) in [5.41, 5.74) is 2.43. The van der Waals surface area contributed by atoms with Gasteiger partial charge in [-0.2, -0.15) is 5.26 Å². The summed E-state index contributed by atoms with van der Waals surface area (Å²) >= 11 is 0. The predicted octanol–water partition coefficient (Wildman–Crippen LogP) is 2.80. The van der Waals surface area contributed by atoms with Crippen LogP contribution >= 0.6 is 0 Å². The fourth-order valence-electron chi connectivity index (χ4n) is 2.89. The van der Waals surface area contributed by atoms with Crippen molar-refractivity contribution in [1.29, 1.82) is 5.26 Å². The first-order valence-electron chi connectivity index (χ1n) is 7.73. The van der Waals surface area contributed by atoms with Crippen LogP contribution in [0.1, 0.15) is 48.9 Å². The zero-order valence-electron chi connectivity index (χ0n) is 13.6. The lowest BCUT2D eigenvalue weighted by Gasteiger charge is -2.14. The first-order chi connectivity index (χ1) is 11.2. The number of nitrogens with zero attached hydrogens (tertiary/aromatic N) is 2. The fourth-order valence-corrected chi connectivity index (χ4v) is 3.40. The largest absolute Gasteiger partial charge is 0.259 e. The smallest absolute Gasteiger partial charge is 0.238 e. The van der Waals surface area contributed by atoms with Gasteiger partial charge >= 0.3 is 0 Å². The van der Waals surface area contributed by atoms with Gasteiger partial charge in [0, 0.05) is 6.20 Å². The third-order valence-corrected chi connectivity index (χ3v) is 5.49. The highest BCUT2D eigenvalue weighted by molar-refractivity contribution is 7.89. The van der Waals surface area contributed by atoms with E-state index in [0.29, 0.717) is 11.8 Å². The minimum Gasteiger partial charge on any atom is -0.259 e. The van der Waals surface area contributed by atoms with Crippen LogP contribution < -0.4 is 5.14 Å². The molecule has 2 N–H and O–H groups in total. The second kappa shape index (κ2) is 5.69. The van der Waals surface area contributed by atoms with E-state index in [2.05, 4.69) is 11.1 Å². The van der Waals surface area contributed by atoms with E-state index in [1.165, 1.54) is 0 Å². The molecule has 1 aliphatic rings. The number of hydrogen-bond donors (Lipinski definition) is 1. The van der Waals surface area contributed by atoms with Gasteiger partial charge in [0.2, 0.25) is 10.0 Å². The number of pyridine rings is 1. The van der Waals surface area contributed by atoms with E-state index in [4.69, 9.17) is 10.4 Å². The zero-order valence-corrected chi connectivity index (χ0v) is 14.4. The first-order valence-corrected chi connectivity index (χ1v) is 9.27. The molecule has 0 bridgehead atoms. The highest BCUT2D eigenvalue weighted by atomic mass is 32.2. The molecule has 1 aromatic heterocycles. The van der Waals surface area contributed by atoms with Gasteiger partial charge in [-0.15, -0.1) is 0 Å². The molecular weight excluding hydrogens is 322 g/mol. The number of aromatic nitrogens is 1. The number of primary sulfonamides is 1. The molecular formula is C18H19N3O2S. The Morgan fingerprint density at radius 2 is 1.71 bits per heavy atom. The Bertz CT molecular complexity index is 895. The highest BCUT2D eigenvalue weighted by Gasteiger charge is 2.39. The number of nitriles is 1. The Balaban J connectivity index is 1.75. The van der Waals surface area contributed by atoms with Gasteiger partial charge in [-0.1, -0.05) is 18.2 Å². The van der Waals surface area contributed by atoms with Crippen LogP contribution in [0.4, 0.5) is 0 Å². The van der Waals surface area contributed by atoms with E-state index in [9.17, 15) is 8.42 Å². The zero-order chi connectivity index (χ0) is 17.5. The van der Waals surface area contributed by atoms with Crippen LogP contribution in [0.25, 0.3) is 0 Å². The second-order valence-corrected chi connectivity index (χ2v) is 8.34. The maximum atomic E-state index is 11.3. The van der Waals surface area contributed by atoms with E-state index in [-0.39, 0.29) is 4.90 Å². The van der Waals surface area contributed by atoms with Crippen molar-refractivity contribution in [3.8, 4) is 6.07 Å². The van der Waals surface area contributed by atoms with Crippen LogP contribution in [0.2, 0.25) is 0 Å². The average Bonchev–Trinajstić information content (AvgIpc) is 3.35. The molecule has 0 spiro atoms. The Morgan fingerprint density at radius 1 is 1.12 bits per heavy atom. The van der Waals surface area contributed by atoms with Crippen molar-refractivity contribution < 1.29 is 8.42 Å². The van der Waals surface area contributed by atoms with Crippen molar-refractivity contribution in [2.24, 2.45) is 5.14 Å². The molecule has 5 nitrogen and oxygen atoms in total. The predicted molar refractivity (Wildman–Crippen MR) is 90.8 cm³/mol. The molecule has 2 aromatic rings. The molecule has 1 saturated carbocycles. The minimum atomic E-state index is -3.65. The molecule has 0 saturated heterocycles. The summed E-state index contributed by atoms with van der Waals surface area (Å²) in [7, 11) is -3.65. The SMILES string of the molecule is CC(C)(C#N)c1ccc(C2CC2c2ccc(S(N)(=O)=O)cc2)cn1. The van der Waals surface area contributed by atoms with Gasteiger partial charge in [-0.3, -0.25) is 4.98 Å². The van der Waals surface area contributed by atoms with Gasteiger partial charge in [0.15, 0.2) is 0 Å². The summed E-state index contributed by atoms with van der Waals surface area (Å²) in [5.74, 6) is 0.758. The van der Waals surface area contributed by atoms with Crippen molar-refractivity contribution in [2.75, 3.05) is 0 Å². The van der Waals surface area contributed by atoms with Crippen molar-refractivity contribution in [1.82, 2.24) is 4.98 Å². The maximum Gasteiger partial charge on any atom is 0.238 e. The maximum absolute atomic E-state index is 11.3. The topological polar surface area (TPSA) is 96.8 Å². The Morgan fingerprint density at radius 3 is 2.21 bits per heavy atom. The molecule has 6 heteroatoms. The van der Waals surface area contributed by atoms with Crippen LogP contribution in [-0.2, 0) is 15.4 Å². The molecule has 2 atom stereocenters. The molecule has 0 aliphatic heterocycles. The van der Waals surface area contributed by atoms with E-state index in [0.717, 1.165) is 23.2 Å². The molecule has 124 valence electrons. The highest BCUT2D eigenvalue weighted by Crippen LogP contribution is 2.54. The van der Waals surface area contributed by atoms with Crippen LogP contribution in [0.15, 0.2) is 47.5 Å². The fraction of sp³-hybridized carbons (Fsp3) is 0.333. The number of hydrogen-bond acceptors (Lipinski definition) is 4. The second-order valence-electron chi connectivity index (χ2n) is 6.78. The quantitative estimate of drug-likeness (QED) is 0.924. The molecule has 1 fully saturated rings. The monoisotopic (exact) mass is 341 g/mol. The molecule has 1 heterocycles. The third-order valence-electron chi connectivity index (χ3n) is 4.56. The number of rotatable bonds is 4. The van der Waals surface area contributed by atoms with Crippen molar-refractivity contribution in [3.63, 3.8) is 0 Å². The van der Waals surface area contributed by atoms with Gasteiger partial charge in [-0.25, -0.2) is 13.6 Å². The standard InChI is InChI=1S/C18H19N3O2S/c1-18(2,11-19)17-8-5-13(10-21-17)16-9-15(16)12-3-6-14(7-4-12)24(20,22)23/h3-8,10,15-16H,9H2,1-2H3,(H2,20,22,23). The van der Waals surface area contributed by atoms with E-state index in [1.807, 2.05) is 44.3 Å². The van der Waals surface area contributed by atoms with Crippen molar-refractivity contribution in [3.05, 3.63) is 59.4 Å². The summed E-state index contributed by atoms with van der Waals surface area (Å²) in [6.45, 7) is 3.70. The van der Waals surface area contributed by atoms with E-state index >= 15 is 0 Å². The Kier molecular flexibility index (Phi) is 3.94. The van der Waals surface area contributed by atoms with Gasteiger partial charge < -0.3 is 0 Å². The number of benzene rings is 1. The molecule has 2 unspecified atom stereocenters. The minimum absolute atomic E-state index is 0.133. The lowest BCUT2D eigenvalue weighted by atomic mass is 9.90. The van der Waals surface area contributed by atoms with Crippen LogP contribution in [0, 0.1) is 11.3 Å². The summed E-state index contributed by atoms with van der Waals surface area (Å²) in [4.78, 5) is 4.57. The lowest BCUT2D eigenvalue weighted by Crippen LogP contribution is -2.15. The van der Waals surface area contributed by atoms with Crippen LogP contribution in [0.5, 0.6) is 0 Å². The number of sulfonamides is 1. The summed E-state index contributed by atoms with van der Waals surface area (Å²) < 4.78 is 22.6. The average molecular weight is 341 g/mol. The van der Waals surface area contributed by atoms with Gasteiger partial charge in [0.1, 0.15) is 0 Å². The van der Waals surface area contributed by atoms with Crippen LogP contribution in [-0.4, -0.2) is 13.4 Å². The van der Waals surface area contributed by atoms with Crippen LogP contribution in [0.3, 0.4) is 0 Å². The lowest BCUT2D eigenvalue weighted by molar-refractivity contribution is 0.598. The normalized spacial score (nSPS) is 20.4. The van der Waals surface area contributed by atoms with E-state index in [1.54, 1.807) is 12.1 Å². The number of nitrogens with two attached hydrogens (primary N) is 1. The van der Waals surface area contributed by atoms with Crippen molar-refractivity contribution in [2.45, 2.75) is 42.4 Å². The molecule has 24 heavy (non-hydrogen) atoms. The Labute approximate surface area is 142 Å². The van der Waals surface area contributed by atoms with Gasteiger partial charge in [-0.05, 0) is 61.4 Å². The molecule has 1 aromatic carbocycles. The van der Waals surface area contributed by atoms with Gasteiger partial charge in [0.05, 0.1) is 22.1 Å². The summed E-state index contributed by atoms with van der Waals surface area (Å²) in [6, 6.07) is 13.0.